The number of ether oxygens (including phenoxy) is 1. The summed E-state index contributed by atoms with van der Waals surface area (Å²) in [4.78, 5) is 31.3. The Morgan fingerprint density at radius 2 is 1.74 bits per heavy atom. The first kappa shape index (κ1) is 20.3. The molecule has 0 radical (unpaired) electrons. The number of amides is 1. The van der Waals surface area contributed by atoms with Crippen LogP contribution in [0.5, 0.6) is 5.75 Å². The minimum Gasteiger partial charge on any atom is -0.507 e. The summed E-state index contributed by atoms with van der Waals surface area (Å²) in [5.74, 6) is -1.99. The van der Waals surface area contributed by atoms with Gasteiger partial charge in [0, 0.05) is 18.9 Å². The predicted molar refractivity (Wildman–Crippen MR) is 111 cm³/mol. The van der Waals surface area contributed by atoms with Crippen LogP contribution in [0.1, 0.15) is 22.7 Å². The number of pyridine rings is 1. The SMILES string of the molecule is COc1ccccc1/C(O)=C1/C(=O)C(=O)N(Cc2ccncc2)C1c1ccc(F)cc1. The lowest BCUT2D eigenvalue weighted by atomic mass is 9.95. The predicted octanol–water partition coefficient (Wildman–Crippen LogP) is 3.85. The fourth-order valence-electron chi connectivity index (χ4n) is 3.70. The number of nitrogens with zero attached hydrogens (tertiary/aromatic N) is 2. The summed E-state index contributed by atoms with van der Waals surface area (Å²) in [6, 6.07) is 14.8. The van der Waals surface area contributed by atoms with Crippen LogP contribution in [0.4, 0.5) is 4.39 Å². The maximum absolute atomic E-state index is 13.6. The quantitative estimate of drug-likeness (QED) is 0.387. The molecule has 0 spiro atoms. The zero-order valence-electron chi connectivity index (χ0n) is 16.7. The van der Waals surface area contributed by atoms with Gasteiger partial charge in [-0.25, -0.2) is 4.39 Å². The Morgan fingerprint density at radius 3 is 2.42 bits per heavy atom. The molecule has 1 aromatic heterocycles. The number of aromatic nitrogens is 1. The molecule has 0 bridgehead atoms. The summed E-state index contributed by atoms with van der Waals surface area (Å²) in [6.07, 6.45) is 3.18. The molecule has 1 atom stereocenters. The van der Waals surface area contributed by atoms with Crippen molar-refractivity contribution in [3.05, 3.63) is 101 Å². The van der Waals surface area contributed by atoms with E-state index in [2.05, 4.69) is 4.98 Å². The number of methoxy groups -OCH3 is 1. The Balaban J connectivity index is 1.89. The number of para-hydroxylation sites is 1. The van der Waals surface area contributed by atoms with Gasteiger partial charge in [0.2, 0.25) is 0 Å². The molecule has 156 valence electrons. The van der Waals surface area contributed by atoms with Crippen LogP contribution in [0.15, 0.2) is 78.6 Å². The third kappa shape index (κ3) is 3.77. The first-order valence-corrected chi connectivity index (χ1v) is 9.57. The lowest BCUT2D eigenvalue weighted by molar-refractivity contribution is -0.140. The summed E-state index contributed by atoms with van der Waals surface area (Å²) >= 11 is 0. The summed E-state index contributed by atoms with van der Waals surface area (Å²) in [5, 5.41) is 11.1. The highest BCUT2D eigenvalue weighted by atomic mass is 19.1. The minimum atomic E-state index is -0.890. The lowest BCUT2D eigenvalue weighted by Gasteiger charge is -2.25. The highest BCUT2D eigenvalue weighted by Gasteiger charge is 2.46. The summed E-state index contributed by atoms with van der Waals surface area (Å²) in [5.41, 5.74) is 1.49. The van der Waals surface area contributed by atoms with Gasteiger partial charge in [0.05, 0.1) is 24.3 Å². The Bertz CT molecular complexity index is 1160. The van der Waals surface area contributed by atoms with Crippen molar-refractivity contribution in [1.29, 1.82) is 0 Å². The topological polar surface area (TPSA) is 79.7 Å². The van der Waals surface area contributed by atoms with E-state index in [1.165, 1.54) is 36.3 Å². The number of ketones is 1. The number of carbonyl (C=O) groups is 2. The molecule has 0 saturated carbocycles. The number of Topliss-reactive ketones (excluding diaryl/α,β-unsaturated/α-hetero) is 1. The average Bonchev–Trinajstić information content (AvgIpc) is 3.04. The van der Waals surface area contributed by atoms with Crippen LogP contribution in [0.25, 0.3) is 5.76 Å². The second kappa shape index (κ2) is 8.39. The van der Waals surface area contributed by atoms with E-state index in [1.807, 2.05) is 0 Å². The van der Waals surface area contributed by atoms with E-state index in [9.17, 15) is 19.1 Å². The number of halogens is 1. The van der Waals surface area contributed by atoms with Gasteiger partial charge in [-0.2, -0.15) is 0 Å². The Labute approximate surface area is 178 Å². The van der Waals surface area contributed by atoms with Gasteiger partial charge in [-0.1, -0.05) is 24.3 Å². The molecular formula is C24H19FN2O4. The van der Waals surface area contributed by atoms with E-state index in [-0.39, 0.29) is 17.9 Å². The summed E-state index contributed by atoms with van der Waals surface area (Å²) < 4.78 is 18.9. The molecular weight excluding hydrogens is 399 g/mol. The average molecular weight is 418 g/mol. The fraction of sp³-hybridized carbons (Fsp3) is 0.125. The minimum absolute atomic E-state index is 0.0739. The molecule has 1 aliphatic heterocycles. The molecule has 31 heavy (non-hydrogen) atoms. The van der Waals surface area contributed by atoms with E-state index in [4.69, 9.17) is 4.74 Å². The number of benzene rings is 2. The highest BCUT2D eigenvalue weighted by molar-refractivity contribution is 6.46. The highest BCUT2D eigenvalue weighted by Crippen LogP contribution is 2.41. The fourth-order valence-corrected chi connectivity index (χ4v) is 3.70. The molecule has 7 heteroatoms. The van der Waals surface area contributed by atoms with E-state index in [1.54, 1.807) is 48.8 Å². The van der Waals surface area contributed by atoms with Crippen molar-refractivity contribution in [2.45, 2.75) is 12.6 Å². The number of rotatable bonds is 5. The van der Waals surface area contributed by atoms with E-state index >= 15 is 0 Å². The number of hydrogen-bond acceptors (Lipinski definition) is 5. The number of aliphatic hydroxyl groups excluding tert-OH is 1. The van der Waals surface area contributed by atoms with E-state index < -0.39 is 23.5 Å². The van der Waals surface area contributed by atoms with Crippen LogP contribution in [-0.4, -0.2) is 33.8 Å². The molecule has 1 saturated heterocycles. The molecule has 1 amide bonds. The molecule has 1 fully saturated rings. The zero-order chi connectivity index (χ0) is 22.0. The van der Waals surface area contributed by atoms with Crippen LogP contribution < -0.4 is 4.74 Å². The largest absolute Gasteiger partial charge is 0.507 e. The van der Waals surface area contributed by atoms with Crippen LogP contribution in [0, 0.1) is 5.82 Å². The normalized spacial score (nSPS) is 17.7. The number of hydrogen-bond donors (Lipinski definition) is 1. The Hall–Kier alpha value is -4.00. The van der Waals surface area contributed by atoms with Crippen LogP contribution in [-0.2, 0) is 16.1 Å². The molecule has 1 unspecified atom stereocenters. The molecule has 2 heterocycles. The molecule has 2 aromatic carbocycles. The van der Waals surface area contributed by atoms with Gasteiger partial charge in [0.1, 0.15) is 17.3 Å². The van der Waals surface area contributed by atoms with Crippen LogP contribution >= 0.6 is 0 Å². The molecule has 1 N–H and O–H groups in total. The molecule has 1 aliphatic rings. The summed E-state index contributed by atoms with van der Waals surface area (Å²) in [7, 11) is 1.45. The van der Waals surface area contributed by atoms with Crippen molar-refractivity contribution < 1.29 is 23.8 Å². The van der Waals surface area contributed by atoms with Gasteiger partial charge >= 0.3 is 0 Å². The third-order valence-electron chi connectivity index (χ3n) is 5.19. The standard InChI is InChI=1S/C24H19FN2O4/c1-31-19-5-3-2-4-18(19)22(28)20-21(16-6-8-17(25)9-7-16)27(24(30)23(20)29)14-15-10-12-26-13-11-15/h2-13,21,28H,14H2,1H3/b22-20-. The molecule has 4 rings (SSSR count). The second-order valence-corrected chi connectivity index (χ2v) is 7.03. The lowest BCUT2D eigenvalue weighted by Crippen LogP contribution is -2.29. The number of aliphatic hydroxyl groups is 1. The van der Waals surface area contributed by atoms with Gasteiger partial charge < -0.3 is 14.7 Å². The molecule has 3 aromatic rings. The first-order chi connectivity index (χ1) is 15.0. The summed E-state index contributed by atoms with van der Waals surface area (Å²) in [6.45, 7) is 0.123. The van der Waals surface area contributed by atoms with Gasteiger partial charge in [0.25, 0.3) is 11.7 Å². The Kier molecular flexibility index (Phi) is 5.49. The first-order valence-electron chi connectivity index (χ1n) is 9.57. The van der Waals surface area contributed by atoms with Crippen LogP contribution in [0.3, 0.4) is 0 Å². The van der Waals surface area contributed by atoms with Gasteiger partial charge in [0.15, 0.2) is 0 Å². The number of carbonyl (C=O) groups excluding carboxylic acids is 2. The monoisotopic (exact) mass is 418 g/mol. The van der Waals surface area contributed by atoms with Crippen molar-refractivity contribution >= 4 is 17.4 Å². The zero-order valence-corrected chi connectivity index (χ0v) is 16.7. The van der Waals surface area contributed by atoms with Crippen molar-refractivity contribution in [1.82, 2.24) is 9.88 Å². The van der Waals surface area contributed by atoms with Crippen molar-refractivity contribution in [2.75, 3.05) is 7.11 Å². The van der Waals surface area contributed by atoms with Crippen molar-refractivity contribution in [3.8, 4) is 5.75 Å². The van der Waals surface area contributed by atoms with Crippen molar-refractivity contribution in [3.63, 3.8) is 0 Å². The molecule has 0 aliphatic carbocycles. The maximum Gasteiger partial charge on any atom is 0.295 e. The van der Waals surface area contributed by atoms with E-state index in [0.29, 0.717) is 16.9 Å². The van der Waals surface area contributed by atoms with Gasteiger partial charge in [-0.15, -0.1) is 0 Å². The van der Waals surface area contributed by atoms with Crippen molar-refractivity contribution in [2.24, 2.45) is 0 Å². The van der Waals surface area contributed by atoms with Gasteiger partial charge in [-0.05, 0) is 47.5 Å². The Morgan fingerprint density at radius 1 is 1.06 bits per heavy atom. The smallest absolute Gasteiger partial charge is 0.295 e. The van der Waals surface area contributed by atoms with E-state index in [0.717, 1.165) is 5.56 Å². The molecule has 6 nitrogen and oxygen atoms in total. The maximum atomic E-state index is 13.6. The second-order valence-electron chi connectivity index (χ2n) is 7.03. The third-order valence-corrected chi connectivity index (χ3v) is 5.19. The number of likely N-dealkylation sites (tertiary alicyclic amines) is 1. The van der Waals surface area contributed by atoms with Crippen LogP contribution in [0.2, 0.25) is 0 Å². The van der Waals surface area contributed by atoms with Gasteiger partial charge in [-0.3, -0.25) is 14.6 Å².